The molecule has 0 unspecified atom stereocenters. The normalized spacial score (nSPS) is 10.1. The molecule has 2 aromatic rings. The Kier molecular flexibility index (Phi) is 5.83. The lowest BCUT2D eigenvalue weighted by molar-refractivity contribution is -0.139. The van der Waals surface area contributed by atoms with Crippen molar-refractivity contribution in [3.05, 3.63) is 60.2 Å². The third-order valence-corrected chi connectivity index (χ3v) is 3.39. The maximum Gasteiger partial charge on any atom is 0.309 e. The molecule has 0 atom stereocenters. The van der Waals surface area contributed by atoms with Crippen molar-refractivity contribution in [3.8, 4) is 5.75 Å². The fraction of sp³-hybridized carbons (Fsp3) is 0.278. The van der Waals surface area contributed by atoms with Crippen LogP contribution >= 0.6 is 0 Å². The molecule has 2 aromatic carbocycles. The summed E-state index contributed by atoms with van der Waals surface area (Å²) in [4.78, 5) is 13.3. The number of methoxy groups -OCH3 is 1. The molecule has 0 aromatic heterocycles. The number of carbonyl (C=O) groups excluding carboxylic acids is 1. The number of ether oxygens (including phenoxy) is 2. The quantitative estimate of drug-likeness (QED) is 0.737. The van der Waals surface area contributed by atoms with Crippen LogP contribution in [0.1, 0.15) is 5.56 Å². The maximum atomic E-state index is 11.2. The van der Waals surface area contributed by atoms with Gasteiger partial charge in [0.2, 0.25) is 0 Å². The van der Waals surface area contributed by atoms with Crippen LogP contribution in [-0.4, -0.2) is 33.3 Å². The zero-order chi connectivity index (χ0) is 15.8. The Hall–Kier alpha value is -2.49. The van der Waals surface area contributed by atoms with E-state index in [2.05, 4.69) is 21.8 Å². The van der Waals surface area contributed by atoms with Gasteiger partial charge in [-0.2, -0.15) is 0 Å². The van der Waals surface area contributed by atoms with Crippen molar-refractivity contribution in [2.24, 2.45) is 0 Å². The zero-order valence-electron chi connectivity index (χ0n) is 13.0. The molecule has 0 amide bonds. The molecule has 0 aliphatic heterocycles. The van der Waals surface area contributed by atoms with Crippen LogP contribution in [0, 0.1) is 0 Å². The predicted octanol–water partition coefficient (Wildman–Crippen LogP) is 2.92. The van der Waals surface area contributed by atoms with Gasteiger partial charge < -0.3 is 14.4 Å². The molecule has 0 radical (unpaired) electrons. The van der Waals surface area contributed by atoms with Gasteiger partial charge in [0.05, 0.1) is 20.1 Å². The Morgan fingerprint density at radius 3 is 2.36 bits per heavy atom. The van der Waals surface area contributed by atoms with Gasteiger partial charge in [-0.05, 0) is 29.8 Å². The number of likely N-dealkylation sites (N-methyl/N-ethyl adjacent to an activating group) is 1. The fourth-order valence-corrected chi connectivity index (χ4v) is 2.05. The molecule has 0 saturated carbocycles. The van der Waals surface area contributed by atoms with Crippen LogP contribution in [0.5, 0.6) is 5.75 Å². The lowest BCUT2D eigenvalue weighted by Crippen LogP contribution is -2.23. The van der Waals surface area contributed by atoms with Crippen LogP contribution < -0.4 is 9.64 Å². The highest BCUT2D eigenvalue weighted by atomic mass is 16.5. The molecule has 0 fully saturated rings. The molecular formula is C18H21NO3. The summed E-state index contributed by atoms with van der Waals surface area (Å²) in [5.74, 6) is 0.563. The number of para-hydroxylation sites is 1. The molecule has 0 N–H and O–H groups in total. The van der Waals surface area contributed by atoms with E-state index in [1.807, 2.05) is 49.5 Å². The monoisotopic (exact) mass is 299 g/mol. The van der Waals surface area contributed by atoms with Crippen molar-refractivity contribution in [2.75, 3.05) is 32.2 Å². The number of hydrogen-bond donors (Lipinski definition) is 0. The third-order valence-electron chi connectivity index (χ3n) is 3.39. The van der Waals surface area contributed by atoms with E-state index in [0.717, 1.165) is 17.9 Å². The summed E-state index contributed by atoms with van der Waals surface area (Å²) in [5, 5.41) is 0. The topological polar surface area (TPSA) is 38.8 Å². The molecular weight excluding hydrogens is 278 g/mol. The highest BCUT2D eigenvalue weighted by Crippen LogP contribution is 2.14. The first-order valence-electron chi connectivity index (χ1n) is 7.24. The van der Waals surface area contributed by atoms with Gasteiger partial charge in [0.25, 0.3) is 0 Å². The number of benzene rings is 2. The Bertz CT molecular complexity index is 581. The lowest BCUT2D eigenvalue weighted by Gasteiger charge is -2.19. The van der Waals surface area contributed by atoms with Crippen molar-refractivity contribution >= 4 is 11.7 Å². The molecule has 22 heavy (non-hydrogen) atoms. The molecule has 0 aliphatic rings. The molecule has 4 heteroatoms. The molecule has 116 valence electrons. The van der Waals surface area contributed by atoms with E-state index >= 15 is 0 Å². The highest BCUT2D eigenvalue weighted by molar-refractivity contribution is 5.72. The summed E-state index contributed by atoms with van der Waals surface area (Å²) in [6, 6.07) is 17.7. The number of anilines is 1. The Morgan fingerprint density at radius 2 is 1.73 bits per heavy atom. The SMILES string of the molecule is COC(=O)Cc1ccc(OCCN(C)c2ccccc2)cc1. The van der Waals surface area contributed by atoms with E-state index in [4.69, 9.17) is 4.74 Å². The predicted molar refractivity (Wildman–Crippen MR) is 87.4 cm³/mol. The van der Waals surface area contributed by atoms with Crippen LogP contribution in [-0.2, 0) is 16.0 Å². The van der Waals surface area contributed by atoms with Gasteiger partial charge in [0, 0.05) is 12.7 Å². The van der Waals surface area contributed by atoms with Crippen LogP contribution in [0.25, 0.3) is 0 Å². The van der Waals surface area contributed by atoms with Gasteiger partial charge in [0.15, 0.2) is 0 Å². The Morgan fingerprint density at radius 1 is 1.05 bits per heavy atom. The second-order valence-electron chi connectivity index (χ2n) is 5.00. The van der Waals surface area contributed by atoms with Crippen molar-refractivity contribution in [2.45, 2.75) is 6.42 Å². The smallest absolute Gasteiger partial charge is 0.309 e. The first-order chi connectivity index (χ1) is 10.7. The van der Waals surface area contributed by atoms with E-state index < -0.39 is 0 Å². The third kappa shape index (κ3) is 4.81. The minimum Gasteiger partial charge on any atom is -0.492 e. The second-order valence-corrected chi connectivity index (χ2v) is 5.00. The summed E-state index contributed by atoms with van der Waals surface area (Å²) < 4.78 is 10.4. The Balaban J connectivity index is 1.78. The molecule has 0 heterocycles. The standard InChI is InChI=1S/C18H21NO3/c1-19(16-6-4-3-5-7-16)12-13-22-17-10-8-15(9-11-17)14-18(20)21-2/h3-11H,12-14H2,1-2H3. The van der Waals surface area contributed by atoms with E-state index in [1.54, 1.807) is 0 Å². The molecule has 4 nitrogen and oxygen atoms in total. The minimum absolute atomic E-state index is 0.238. The Labute approximate surface area is 131 Å². The van der Waals surface area contributed by atoms with Crippen LogP contribution in [0.2, 0.25) is 0 Å². The van der Waals surface area contributed by atoms with E-state index in [9.17, 15) is 4.79 Å². The fourth-order valence-electron chi connectivity index (χ4n) is 2.05. The summed E-state index contributed by atoms with van der Waals surface area (Å²) in [6.07, 6.45) is 0.285. The van der Waals surface area contributed by atoms with E-state index in [-0.39, 0.29) is 12.4 Å². The molecule has 2 rings (SSSR count). The molecule has 0 saturated heterocycles. The summed E-state index contributed by atoms with van der Waals surface area (Å²) >= 11 is 0. The minimum atomic E-state index is -0.238. The van der Waals surface area contributed by atoms with E-state index in [0.29, 0.717) is 6.61 Å². The largest absolute Gasteiger partial charge is 0.492 e. The van der Waals surface area contributed by atoms with Crippen LogP contribution in [0.15, 0.2) is 54.6 Å². The van der Waals surface area contributed by atoms with E-state index in [1.165, 1.54) is 12.8 Å². The summed E-state index contributed by atoms with van der Waals surface area (Å²) in [7, 11) is 3.43. The first kappa shape index (κ1) is 15.9. The number of rotatable bonds is 7. The number of esters is 1. The van der Waals surface area contributed by atoms with Gasteiger partial charge in [-0.25, -0.2) is 0 Å². The first-order valence-corrected chi connectivity index (χ1v) is 7.24. The van der Waals surface area contributed by atoms with Gasteiger partial charge in [-0.1, -0.05) is 30.3 Å². The summed E-state index contributed by atoms with van der Waals surface area (Å²) in [5.41, 5.74) is 2.08. The average molecular weight is 299 g/mol. The summed E-state index contributed by atoms with van der Waals surface area (Å²) in [6.45, 7) is 1.40. The van der Waals surface area contributed by atoms with Crippen molar-refractivity contribution in [3.63, 3.8) is 0 Å². The van der Waals surface area contributed by atoms with Gasteiger partial charge >= 0.3 is 5.97 Å². The van der Waals surface area contributed by atoms with Crippen LogP contribution in [0.3, 0.4) is 0 Å². The van der Waals surface area contributed by atoms with Crippen LogP contribution in [0.4, 0.5) is 5.69 Å². The number of hydrogen-bond acceptors (Lipinski definition) is 4. The average Bonchev–Trinajstić information content (AvgIpc) is 2.57. The van der Waals surface area contributed by atoms with Gasteiger partial charge in [0.1, 0.15) is 12.4 Å². The van der Waals surface area contributed by atoms with Crippen molar-refractivity contribution in [1.82, 2.24) is 0 Å². The maximum absolute atomic E-state index is 11.2. The highest BCUT2D eigenvalue weighted by Gasteiger charge is 2.03. The number of nitrogens with zero attached hydrogens (tertiary/aromatic N) is 1. The van der Waals surface area contributed by atoms with Gasteiger partial charge in [-0.15, -0.1) is 0 Å². The zero-order valence-corrected chi connectivity index (χ0v) is 13.0. The van der Waals surface area contributed by atoms with Gasteiger partial charge in [-0.3, -0.25) is 4.79 Å². The number of carbonyl (C=O) groups is 1. The van der Waals surface area contributed by atoms with Crippen molar-refractivity contribution in [1.29, 1.82) is 0 Å². The molecule has 0 aliphatic carbocycles. The lowest BCUT2D eigenvalue weighted by atomic mass is 10.1. The van der Waals surface area contributed by atoms with Crippen molar-refractivity contribution < 1.29 is 14.3 Å². The molecule has 0 spiro atoms. The second kappa shape index (κ2) is 8.08. The molecule has 0 bridgehead atoms.